The number of aromatic nitrogens is 5. The van der Waals surface area contributed by atoms with Gasteiger partial charge in [0.2, 0.25) is 0 Å². The van der Waals surface area contributed by atoms with Crippen molar-refractivity contribution in [3.8, 4) is 17.0 Å². The van der Waals surface area contributed by atoms with Crippen molar-refractivity contribution >= 4 is 5.69 Å². The van der Waals surface area contributed by atoms with Crippen LogP contribution in [0.4, 0.5) is 5.69 Å². The van der Waals surface area contributed by atoms with Crippen molar-refractivity contribution < 1.29 is 9.84 Å². The predicted molar refractivity (Wildman–Crippen MR) is 103 cm³/mol. The fourth-order valence-corrected chi connectivity index (χ4v) is 3.24. The van der Waals surface area contributed by atoms with Crippen LogP contribution in [0, 0.1) is 0 Å². The van der Waals surface area contributed by atoms with Gasteiger partial charge < -0.3 is 14.7 Å². The highest BCUT2D eigenvalue weighted by Crippen LogP contribution is 2.21. The van der Waals surface area contributed by atoms with Gasteiger partial charge in [0.05, 0.1) is 30.8 Å². The van der Waals surface area contributed by atoms with Gasteiger partial charge in [0.1, 0.15) is 11.4 Å². The number of morpholine rings is 1. The van der Waals surface area contributed by atoms with Crippen LogP contribution in [0.25, 0.3) is 11.3 Å². The Morgan fingerprint density at radius 1 is 1.32 bits per heavy atom. The SMILES string of the molecule is Cn1ncc(N2CCO[C@@H](CCn3cc(-c4cccc(O)c4)nn3)C2)cc1=O. The largest absolute Gasteiger partial charge is 0.508 e. The molecular weight excluding hydrogens is 360 g/mol. The first kappa shape index (κ1) is 18.2. The minimum Gasteiger partial charge on any atom is -0.508 e. The number of phenolic OH excluding ortho intramolecular Hbond substituents is 1. The average Bonchev–Trinajstić information content (AvgIpc) is 3.18. The molecule has 1 N–H and O–H groups in total. The van der Waals surface area contributed by atoms with Gasteiger partial charge in [-0.15, -0.1) is 5.10 Å². The molecule has 0 saturated carbocycles. The van der Waals surface area contributed by atoms with E-state index in [2.05, 4.69) is 20.3 Å². The molecule has 1 aliphatic heterocycles. The Labute approximate surface area is 161 Å². The molecule has 146 valence electrons. The van der Waals surface area contributed by atoms with Crippen molar-refractivity contribution in [1.29, 1.82) is 0 Å². The van der Waals surface area contributed by atoms with Gasteiger partial charge in [0.15, 0.2) is 0 Å². The molecule has 3 aromatic rings. The predicted octanol–water partition coefficient (Wildman–Crippen LogP) is 1.04. The average molecular weight is 382 g/mol. The summed E-state index contributed by atoms with van der Waals surface area (Å²) in [6.45, 7) is 2.70. The quantitative estimate of drug-likeness (QED) is 0.704. The molecule has 28 heavy (non-hydrogen) atoms. The zero-order valence-electron chi connectivity index (χ0n) is 15.6. The highest BCUT2D eigenvalue weighted by atomic mass is 16.5. The van der Waals surface area contributed by atoms with Crippen LogP contribution in [-0.4, -0.2) is 55.7 Å². The molecule has 3 heterocycles. The fourth-order valence-electron chi connectivity index (χ4n) is 3.24. The van der Waals surface area contributed by atoms with E-state index in [0.29, 0.717) is 25.4 Å². The summed E-state index contributed by atoms with van der Waals surface area (Å²) in [6.07, 6.45) is 4.38. The Morgan fingerprint density at radius 2 is 2.21 bits per heavy atom. The van der Waals surface area contributed by atoms with Crippen LogP contribution in [-0.2, 0) is 18.3 Å². The number of anilines is 1. The number of phenols is 1. The first-order valence-electron chi connectivity index (χ1n) is 9.18. The number of rotatable bonds is 5. The van der Waals surface area contributed by atoms with E-state index in [1.54, 1.807) is 42.2 Å². The second kappa shape index (κ2) is 7.81. The highest BCUT2D eigenvalue weighted by Gasteiger charge is 2.21. The Hall–Kier alpha value is -3.20. The number of aromatic hydroxyl groups is 1. The molecule has 1 aromatic carbocycles. The molecule has 9 nitrogen and oxygen atoms in total. The monoisotopic (exact) mass is 382 g/mol. The Morgan fingerprint density at radius 3 is 3.04 bits per heavy atom. The summed E-state index contributed by atoms with van der Waals surface area (Å²) in [5, 5.41) is 22.0. The summed E-state index contributed by atoms with van der Waals surface area (Å²) in [4.78, 5) is 14.0. The minimum absolute atomic E-state index is 0.0335. The lowest BCUT2D eigenvalue weighted by Gasteiger charge is -2.34. The van der Waals surface area contributed by atoms with E-state index in [1.807, 2.05) is 12.3 Å². The first-order valence-corrected chi connectivity index (χ1v) is 9.18. The number of ether oxygens (including phenoxy) is 1. The number of hydrogen-bond donors (Lipinski definition) is 1. The van der Waals surface area contributed by atoms with E-state index in [0.717, 1.165) is 24.2 Å². The molecule has 1 saturated heterocycles. The lowest BCUT2D eigenvalue weighted by Crippen LogP contribution is -2.43. The molecular formula is C19H22N6O3. The summed E-state index contributed by atoms with van der Waals surface area (Å²) in [5.41, 5.74) is 2.24. The number of aryl methyl sites for hydroxylation is 2. The maximum atomic E-state index is 11.8. The van der Waals surface area contributed by atoms with Gasteiger partial charge in [0, 0.05) is 38.3 Å². The second-order valence-electron chi connectivity index (χ2n) is 6.82. The molecule has 0 amide bonds. The molecule has 2 aromatic heterocycles. The standard InChI is InChI=1S/C19H22N6O3/c1-23-19(27)10-15(11-20-23)24-7-8-28-17(12-24)5-6-25-13-18(21-22-25)14-3-2-4-16(26)9-14/h2-4,9-11,13,17,26H,5-8,12H2,1H3/t17-/m0/s1. The highest BCUT2D eigenvalue weighted by molar-refractivity contribution is 5.59. The molecule has 9 heteroatoms. The summed E-state index contributed by atoms with van der Waals surface area (Å²) < 4.78 is 8.97. The van der Waals surface area contributed by atoms with Crippen LogP contribution in [0.2, 0.25) is 0 Å². The van der Waals surface area contributed by atoms with Gasteiger partial charge in [-0.05, 0) is 18.6 Å². The lowest BCUT2D eigenvalue weighted by molar-refractivity contribution is 0.0318. The summed E-state index contributed by atoms with van der Waals surface area (Å²) in [5.74, 6) is 0.202. The molecule has 4 rings (SSSR count). The third kappa shape index (κ3) is 4.04. The van der Waals surface area contributed by atoms with Gasteiger partial charge in [-0.25, -0.2) is 4.68 Å². The maximum absolute atomic E-state index is 11.8. The van der Waals surface area contributed by atoms with Crippen LogP contribution in [0.1, 0.15) is 6.42 Å². The van der Waals surface area contributed by atoms with Crippen molar-refractivity contribution in [3.63, 3.8) is 0 Å². The van der Waals surface area contributed by atoms with Crippen LogP contribution < -0.4 is 10.5 Å². The first-order chi connectivity index (χ1) is 13.6. The van der Waals surface area contributed by atoms with Gasteiger partial charge in [-0.2, -0.15) is 5.10 Å². The molecule has 1 atom stereocenters. The summed E-state index contributed by atoms with van der Waals surface area (Å²) in [7, 11) is 1.64. The van der Waals surface area contributed by atoms with Crippen molar-refractivity contribution in [2.24, 2.45) is 7.05 Å². The Balaban J connectivity index is 1.37. The summed E-state index contributed by atoms with van der Waals surface area (Å²) in [6, 6.07) is 8.55. The summed E-state index contributed by atoms with van der Waals surface area (Å²) >= 11 is 0. The van der Waals surface area contributed by atoms with Crippen LogP contribution in [0.3, 0.4) is 0 Å². The van der Waals surface area contributed by atoms with E-state index in [1.165, 1.54) is 4.68 Å². The normalized spacial score (nSPS) is 17.0. The van der Waals surface area contributed by atoms with E-state index in [4.69, 9.17) is 4.74 Å². The third-order valence-electron chi connectivity index (χ3n) is 4.82. The molecule has 0 unspecified atom stereocenters. The van der Waals surface area contributed by atoms with Crippen molar-refractivity contribution in [3.05, 3.63) is 53.1 Å². The van der Waals surface area contributed by atoms with E-state index >= 15 is 0 Å². The molecule has 0 spiro atoms. The van der Waals surface area contributed by atoms with E-state index < -0.39 is 0 Å². The van der Waals surface area contributed by atoms with Crippen LogP contribution >= 0.6 is 0 Å². The van der Waals surface area contributed by atoms with E-state index in [-0.39, 0.29) is 17.4 Å². The zero-order chi connectivity index (χ0) is 19.5. The molecule has 1 aliphatic rings. The van der Waals surface area contributed by atoms with Crippen molar-refractivity contribution in [2.75, 3.05) is 24.6 Å². The number of benzene rings is 1. The molecule has 1 fully saturated rings. The molecule has 0 bridgehead atoms. The number of hydrogen-bond acceptors (Lipinski definition) is 7. The van der Waals surface area contributed by atoms with Gasteiger partial charge >= 0.3 is 0 Å². The maximum Gasteiger partial charge on any atom is 0.268 e. The second-order valence-corrected chi connectivity index (χ2v) is 6.82. The van der Waals surface area contributed by atoms with Gasteiger partial charge in [-0.3, -0.25) is 9.48 Å². The van der Waals surface area contributed by atoms with Crippen molar-refractivity contribution in [2.45, 2.75) is 19.1 Å². The van der Waals surface area contributed by atoms with Gasteiger partial charge in [-0.1, -0.05) is 17.3 Å². The van der Waals surface area contributed by atoms with Gasteiger partial charge in [0.25, 0.3) is 5.56 Å². The van der Waals surface area contributed by atoms with Crippen LogP contribution in [0.5, 0.6) is 5.75 Å². The minimum atomic E-state index is -0.123. The lowest BCUT2D eigenvalue weighted by atomic mass is 10.1. The molecule has 0 aliphatic carbocycles. The zero-order valence-corrected chi connectivity index (χ0v) is 15.6. The Kier molecular flexibility index (Phi) is 5.07. The third-order valence-corrected chi connectivity index (χ3v) is 4.82. The Bertz CT molecular complexity index is 1010. The number of nitrogens with zero attached hydrogens (tertiary/aromatic N) is 6. The topological polar surface area (TPSA) is 98.3 Å². The molecule has 0 radical (unpaired) electrons. The van der Waals surface area contributed by atoms with Crippen molar-refractivity contribution in [1.82, 2.24) is 24.8 Å². The van der Waals surface area contributed by atoms with Crippen LogP contribution in [0.15, 0.2) is 47.5 Å². The smallest absolute Gasteiger partial charge is 0.268 e. The fraction of sp³-hybridized carbons (Fsp3) is 0.368. The van der Waals surface area contributed by atoms with E-state index in [9.17, 15) is 9.90 Å².